The smallest absolute Gasteiger partial charge is 0.226 e. The van der Waals surface area contributed by atoms with E-state index in [-0.39, 0.29) is 12.1 Å². The summed E-state index contributed by atoms with van der Waals surface area (Å²) in [5, 5.41) is 8.74. The monoisotopic (exact) mass is 426 g/mol. The Balaban J connectivity index is 1.65. The largest absolute Gasteiger partial charge is 0.480 e. The molecule has 152 valence electrons. The molecule has 0 fully saturated rings. The molecule has 2 aliphatic heterocycles. The minimum atomic E-state index is -0.366. The lowest BCUT2D eigenvalue weighted by atomic mass is 9.84. The van der Waals surface area contributed by atoms with Crippen molar-refractivity contribution < 1.29 is 4.74 Å². The first-order valence-corrected chi connectivity index (χ1v) is 10.6. The summed E-state index contributed by atoms with van der Waals surface area (Å²) in [6, 6.07) is 24.3. The number of fused-ring (bicyclic) bond motifs is 3. The van der Waals surface area contributed by atoms with Crippen molar-refractivity contribution >= 4 is 23.2 Å². The average molecular weight is 427 g/mol. The first-order chi connectivity index (χ1) is 15.2. The van der Waals surface area contributed by atoms with Crippen LogP contribution in [0.3, 0.4) is 0 Å². The second-order valence-corrected chi connectivity index (χ2v) is 8.22. The Morgan fingerprint density at radius 2 is 1.74 bits per heavy atom. The van der Waals surface area contributed by atoms with E-state index in [0.29, 0.717) is 11.0 Å². The van der Waals surface area contributed by atoms with E-state index in [4.69, 9.17) is 16.3 Å². The standard InChI is InChI=1S/C25H19ClN4O/c1-15-10-12-16(13-11-15)23-21-22(29-25-27-14-28-30(23)25)18-7-3-5-9-20(18)31-24(21)17-6-2-4-8-19(17)26/h2-14,23-24H,1H3,(H,27,28,29)/t23-,24-/m0/s1. The lowest BCUT2D eigenvalue weighted by Gasteiger charge is -2.39. The highest BCUT2D eigenvalue weighted by atomic mass is 35.5. The summed E-state index contributed by atoms with van der Waals surface area (Å²) < 4.78 is 8.51. The highest BCUT2D eigenvalue weighted by molar-refractivity contribution is 6.31. The molecule has 0 saturated heterocycles. The van der Waals surface area contributed by atoms with Crippen molar-refractivity contribution in [3.63, 3.8) is 0 Å². The van der Waals surface area contributed by atoms with Crippen molar-refractivity contribution in [3.8, 4) is 5.75 Å². The molecule has 1 aromatic heterocycles. The first kappa shape index (κ1) is 18.2. The number of para-hydroxylation sites is 1. The maximum atomic E-state index is 6.65. The Morgan fingerprint density at radius 1 is 0.968 bits per heavy atom. The van der Waals surface area contributed by atoms with Gasteiger partial charge in [0.05, 0.1) is 5.70 Å². The summed E-state index contributed by atoms with van der Waals surface area (Å²) in [6.45, 7) is 2.09. The van der Waals surface area contributed by atoms with Crippen molar-refractivity contribution in [2.75, 3.05) is 5.32 Å². The van der Waals surface area contributed by atoms with Gasteiger partial charge < -0.3 is 10.1 Å². The van der Waals surface area contributed by atoms with Crippen LogP contribution in [0.1, 0.15) is 34.4 Å². The van der Waals surface area contributed by atoms with Crippen molar-refractivity contribution in [1.29, 1.82) is 0 Å². The zero-order valence-electron chi connectivity index (χ0n) is 16.8. The number of halogens is 1. The van der Waals surface area contributed by atoms with Crippen LogP contribution in [0.5, 0.6) is 5.75 Å². The van der Waals surface area contributed by atoms with E-state index in [9.17, 15) is 0 Å². The summed E-state index contributed by atoms with van der Waals surface area (Å²) in [5.74, 6) is 1.52. The highest BCUT2D eigenvalue weighted by Crippen LogP contribution is 2.51. The summed E-state index contributed by atoms with van der Waals surface area (Å²) in [4.78, 5) is 4.47. The molecule has 0 radical (unpaired) electrons. The number of anilines is 1. The van der Waals surface area contributed by atoms with Gasteiger partial charge in [0, 0.05) is 21.7 Å². The maximum absolute atomic E-state index is 6.65. The van der Waals surface area contributed by atoms with E-state index < -0.39 is 0 Å². The molecule has 0 aliphatic carbocycles. The topological polar surface area (TPSA) is 52.0 Å². The molecule has 1 N–H and O–H groups in total. The third-order valence-corrected chi connectivity index (χ3v) is 6.25. The van der Waals surface area contributed by atoms with E-state index in [1.165, 1.54) is 5.56 Å². The van der Waals surface area contributed by atoms with E-state index >= 15 is 0 Å². The first-order valence-electron chi connectivity index (χ1n) is 10.2. The zero-order chi connectivity index (χ0) is 20.9. The number of benzene rings is 3. The SMILES string of the molecule is Cc1ccc([C@H]2C3=C(Nc4ncnn42)c2ccccc2O[C@H]3c2ccccc2Cl)cc1. The number of aryl methyl sites for hydroxylation is 1. The van der Waals surface area contributed by atoms with Crippen molar-refractivity contribution in [2.45, 2.75) is 19.1 Å². The summed E-state index contributed by atoms with van der Waals surface area (Å²) in [6.07, 6.45) is 1.22. The van der Waals surface area contributed by atoms with E-state index in [1.54, 1.807) is 6.33 Å². The molecule has 0 amide bonds. The van der Waals surface area contributed by atoms with Gasteiger partial charge in [-0.1, -0.05) is 71.8 Å². The fourth-order valence-electron chi connectivity index (χ4n) is 4.43. The second kappa shape index (κ2) is 7.00. The lowest BCUT2D eigenvalue weighted by Crippen LogP contribution is -2.32. The molecule has 0 unspecified atom stereocenters. The van der Waals surface area contributed by atoms with Gasteiger partial charge in [0.1, 0.15) is 18.1 Å². The van der Waals surface area contributed by atoms with Crippen LogP contribution in [0, 0.1) is 6.92 Å². The van der Waals surface area contributed by atoms with Gasteiger partial charge in [-0.3, -0.25) is 0 Å². The Bertz CT molecular complexity index is 1330. The van der Waals surface area contributed by atoms with Crippen LogP contribution in [0.2, 0.25) is 5.02 Å². The number of hydrogen-bond donors (Lipinski definition) is 1. The molecule has 0 bridgehead atoms. The van der Waals surface area contributed by atoms with Crippen molar-refractivity contribution in [2.24, 2.45) is 0 Å². The molecular weight excluding hydrogens is 408 g/mol. The quantitative estimate of drug-likeness (QED) is 0.440. The number of rotatable bonds is 2. The molecule has 5 nitrogen and oxygen atoms in total. The van der Waals surface area contributed by atoms with Gasteiger partial charge in [0.25, 0.3) is 0 Å². The molecule has 4 aromatic rings. The lowest BCUT2D eigenvalue weighted by molar-refractivity contribution is 0.223. The molecule has 3 aromatic carbocycles. The predicted octanol–water partition coefficient (Wildman–Crippen LogP) is 5.80. The Kier molecular flexibility index (Phi) is 4.11. The van der Waals surface area contributed by atoms with Crippen molar-refractivity contribution in [1.82, 2.24) is 14.8 Å². The summed E-state index contributed by atoms with van der Waals surface area (Å²) in [7, 11) is 0. The Morgan fingerprint density at radius 3 is 2.58 bits per heavy atom. The summed E-state index contributed by atoms with van der Waals surface area (Å²) in [5.41, 5.74) is 6.32. The minimum Gasteiger partial charge on any atom is -0.480 e. The maximum Gasteiger partial charge on any atom is 0.226 e. The van der Waals surface area contributed by atoms with E-state index in [2.05, 4.69) is 52.7 Å². The molecule has 2 atom stereocenters. The average Bonchev–Trinajstić information content (AvgIpc) is 3.27. The van der Waals surface area contributed by atoms with Crippen LogP contribution in [0.4, 0.5) is 5.95 Å². The molecule has 6 heteroatoms. The van der Waals surface area contributed by atoms with Gasteiger partial charge in [0.15, 0.2) is 6.10 Å². The third-order valence-electron chi connectivity index (χ3n) is 5.90. The van der Waals surface area contributed by atoms with E-state index in [0.717, 1.165) is 33.7 Å². The van der Waals surface area contributed by atoms with Crippen LogP contribution in [0.25, 0.3) is 5.70 Å². The number of aromatic nitrogens is 3. The zero-order valence-corrected chi connectivity index (χ0v) is 17.5. The second-order valence-electron chi connectivity index (χ2n) is 7.81. The molecule has 3 heterocycles. The van der Waals surface area contributed by atoms with Gasteiger partial charge in [-0.25, -0.2) is 4.68 Å². The normalized spacial score (nSPS) is 19.0. The van der Waals surface area contributed by atoms with Gasteiger partial charge in [-0.2, -0.15) is 10.1 Å². The highest BCUT2D eigenvalue weighted by Gasteiger charge is 2.41. The van der Waals surface area contributed by atoms with Crippen LogP contribution in [-0.2, 0) is 0 Å². The van der Waals surface area contributed by atoms with E-state index in [1.807, 2.05) is 47.1 Å². The molecular formula is C25H19ClN4O. The number of nitrogens with one attached hydrogen (secondary N) is 1. The molecule has 2 aliphatic rings. The molecule has 0 saturated carbocycles. The Labute approximate surface area is 185 Å². The van der Waals surface area contributed by atoms with Gasteiger partial charge >= 0.3 is 0 Å². The van der Waals surface area contributed by atoms with Gasteiger partial charge in [0.2, 0.25) is 5.95 Å². The number of hydrogen-bond acceptors (Lipinski definition) is 4. The third kappa shape index (κ3) is 2.85. The van der Waals surface area contributed by atoms with Gasteiger partial charge in [-0.05, 0) is 30.7 Å². The fraction of sp³-hybridized carbons (Fsp3) is 0.120. The van der Waals surface area contributed by atoms with Crippen LogP contribution >= 0.6 is 11.6 Å². The summed E-state index contributed by atoms with van der Waals surface area (Å²) >= 11 is 6.65. The van der Waals surface area contributed by atoms with Crippen LogP contribution in [0.15, 0.2) is 84.7 Å². The number of nitrogens with zero attached hydrogens (tertiary/aromatic N) is 3. The molecule has 0 spiro atoms. The number of ether oxygens (including phenoxy) is 1. The molecule has 6 rings (SSSR count). The van der Waals surface area contributed by atoms with Crippen LogP contribution in [-0.4, -0.2) is 14.8 Å². The van der Waals surface area contributed by atoms with Crippen molar-refractivity contribution in [3.05, 3.63) is 112 Å². The Hall–Kier alpha value is -3.57. The predicted molar refractivity (Wildman–Crippen MR) is 121 cm³/mol. The fourth-order valence-corrected chi connectivity index (χ4v) is 4.67. The minimum absolute atomic E-state index is 0.177. The molecule has 31 heavy (non-hydrogen) atoms. The van der Waals surface area contributed by atoms with Gasteiger partial charge in [-0.15, -0.1) is 0 Å². The van der Waals surface area contributed by atoms with Crippen LogP contribution < -0.4 is 10.1 Å².